The second kappa shape index (κ2) is 13.9. The van der Waals surface area contributed by atoms with Gasteiger partial charge in [-0.25, -0.2) is 0 Å². The van der Waals surface area contributed by atoms with E-state index in [9.17, 15) is 0 Å². The molecule has 0 nitrogen and oxygen atoms in total. The van der Waals surface area contributed by atoms with Crippen molar-refractivity contribution in [3.63, 3.8) is 0 Å². The molecule has 9 aromatic carbocycles. The molecule has 0 saturated carbocycles. The molecule has 0 spiro atoms. The Bertz CT molecular complexity index is 2890. The SMILES string of the molecule is C=Cc1ccc(-c2ccc(-c3cc4c(cc3-c3ccccc3)-c3cccc5c(-c6cc(-c7ccccc7)cc(-c7ccccc7)c6)ccc-4c35)cc2)cc1C=C. The van der Waals surface area contributed by atoms with E-state index in [4.69, 9.17) is 0 Å². The molecule has 0 radical (unpaired) electrons. The zero-order valence-corrected chi connectivity index (χ0v) is 31.0. The molecule has 9 aromatic rings. The predicted molar refractivity (Wildman–Crippen MR) is 241 cm³/mol. The van der Waals surface area contributed by atoms with Crippen molar-refractivity contribution in [2.45, 2.75) is 0 Å². The number of fused-ring (bicyclic) bond motifs is 3. The smallest absolute Gasteiger partial charge is 0.00201 e. The van der Waals surface area contributed by atoms with Crippen LogP contribution in [0.4, 0.5) is 0 Å². The third-order valence-corrected chi connectivity index (χ3v) is 11.4. The van der Waals surface area contributed by atoms with E-state index in [2.05, 4.69) is 207 Å². The summed E-state index contributed by atoms with van der Waals surface area (Å²) < 4.78 is 0. The van der Waals surface area contributed by atoms with Gasteiger partial charge in [-0.15, -0.1) is 0 Å². The fourth-order valence-electron chi connectivity index (χ4n) is 8.58. The number of hydrogen-bond donors (Lipinski definition) is 0. The standard InChI is InChI=1S/C56H38/c1-3-37-23-28-44(31-38(37)4-2)41-24-26-43(27-25-41)53-36-55-51-30-29-48(49-21-14-22-50(56(49)51)54(55)35-52(53)42-19-12-7-13-20-42)47-33-45(39-15-8-5-9-16-39)32-46(34-47)40-17-10-6-11-18-40/h3-36H,1-2H2. The van der Waals surface area contributed by atoms with Crippen LogP contribution in [0.25, 0.3) is 112 Å². The van der Waals surface area contributed by atoms with E-state index in [1.807, 2.05) is 12.2 Å². The fourth-order valence-corrected chi connectivity index (χ4v) is 8.58. The van der Waals surface area contributed by atoms with E-state index >= 15 is 0 Å². The normalized spacial score (nSPS) is 11.4. The molecule has 1 aliphatic carbocycles. The summed E-state index contributed by atoms with van der Waals surface area (Å²) in [7, 11) is 0. The summed E-state index contributed by atoms with van der Waals surface area (Å²) in [6, 6.07) is 71.1. The minimum absolute atomic E-state index is 1.09. The Hall–Kier alpha value is -7.28. The monoisotopic (exact) mass is 710 g/mol. The van der Waals surface area contributed by atoms with E-state index in [1.165, 1.54) is 94.2 Å². The first-order valence-corrected chi connectivity index (χ1v) is 19.2. The average molecular weight is 711 g/mol. The van der Waals surface area contributed by atoms with E-state index in [0.717, 1.165) is 16.7 Å². The fraction of sp³-hybridized carbons (Fsp3) is 0. The van der Waals surface area contributed by atoms with Crippen LogP contribution in [-0.4, -0.2) is 0 Å². The summed E-state index contributed by atoms with van der Waals surface area (Å²) >= 11 is 0. The lowest BCUT2D eigenvalue weighted by Crippen LogP contribution is -1.89. The van der Waals surface area contributed by atoms with Crippen molar-refractivity contribution in [1.29, 1.82) is 0 Å². The highest BCUT2D eigenvalue weighted by Crippen LogP contribution is 2.52. The van der Waals surface area contributed by atoms with Crippen LogP contribution in [0.5, 0.6) is 0 Å². The third-order valence-electron chi connectivity index (χ3n) is 11.4. The zero-order valence-electron chi connectivity index (χ0n) is 31.0. The van der Waals surface area contributed by atoms with Crippen LogP contribution in [-0.2, 0) is 0 Å². The molecule has 0 aliphatic heterocycles. The van der Waals surface area contributed by atoms with Crippen LogP contribution in [0, 0.1) is 0 Å². The minimum atomic E-state index is 1.09. The number of rotatable bonds is 8. The summed E-state index contributed by atoms with van der Waals surface area (Å²) in [5, 5.41) is 2.59. The van der Waals surface area contributed by atoms with Crippen molar-refractivity contribution < 1.29 is 0 Å². The van der Waals surface area contributed by atoms with Crippen LogP contribution in [0.15, 0.2) is 207 Å². The maximum Gasteiger partial charge on any atom is -0.00201 e. The van der Waals surface area contributed by atoms with Crippen LogP contribution in [0.3, 0.4) is 0 Å². The Morgan fingerprint density at radius 1 is 0.250 bits per heavy atom. The van der Waals surface area contributed by atoms with E-state index < -0.39 is 0 Å². The van der Waals surface area contributed by atoms with Crippen molar-refractivity contribution in [1.82, 2.24) is 0 Å². The van der Waals surface area contributed by atoms with Crippen molar-refractivity contribution in [2.75, 3.05) is 0 Å². The molecule has 0 saturated heterocycles. The zero-order chi connectivity index (χ0) is 37.6. The van der Waals surface area contributed by atoms with Gasteiger partial charge in [-0.3, -0.25) is 0 Å². The van der Waals surface area contributed by atoms with Crippen LogP contribution in [0.2, 0.25) is 0 Å². The Labute approximate surface area is 329 Å². The van der Waals surface area contributed by atoms with Gasteiger partial charge in [0.2, 0.25) is 0 Å². The molecule has 0 fully saturated rings. The topological polar surface area (TPSA) is 0 Å². The summed E-state index contributed by atoms with van der Waals surface area (Å²) in [5.41, 5.74) is 21.8. The molecule has 0 N–H and O–H groups in total. The summed E-state index contributed by atoms with van der Waals surface area (Å²) in [6.45, 7) is 7.99. The van der Waals surface area contributed by atoms with Gasteiger partial charge in [-0.2, -0.15) is 0 Å². The number of benzene rings is 9. The second-order valence-corrected chi connectivity index (χ2v) is 14.6. The van der Waals surface area contributed by atoms with E-state index in [1.54, 1.807) is 0 Å². The summed E-state index contributed by atoms with van der Waals surface area (Å²) in [6.07, 6.45) is 3.78. The van der Waals surface area contributed by atoms with E-state index in [-0.39, 0.29) is 0 Å². The summed E-state index contributed by atoms with van der Waals surface area (Å²) in [5.74, 6) is 0. The molecule has 0 unspecified atom stereocenters. The lowest BCUT2D eigenvalue weighted by Gasteiger charge is -2.15. The molecular weight excluding hydrogens is 673 g/mol. The van der Waals surface area contributed by atoms with Gasteiger partial charge in [0.05, 0.1) is 0 Å². The highest BCUT2D eigenvalue weighted by molar-refractivity contribution is 6.20. The minimum Gasteiger partial charge on any atom is -0.0984 e. The maximum absolute atomic E-state index is 4.03. The van der Waals surface area contributed by atoms with Gasteiger partial charge in [0.25, 0.3) is 0 Å². The molecule has 1 aliphatic rings. The highest BCUT2D eigenvalue weighted by Gasteiger charge is 2.26. The Morgan fingerprint density at radius 3 is 1.30 bits per heavy atom. The van der Waals surface area contributed by atoms with Gasteiger partial charge >= 0.3 is 0 Å². The van der Waals surface area contributed by atoms with Gasteiger partial charge in [0.15, 0.2) is 0 Å². The highest BCUT2D eigenvalue weighted by atomic mass is 14.3. The first-order chi connectivity index (χ1) is 27.7. The maximum atomic E-state index is 4.03. The van der Waals surface area contributed by atoms with Gasteiger partial charge in [0, 0.05) is 0 Å². The molecule has 0 amide bonds. The molecule has 10 rings (SSSR count). The Balaban J connectivity index is 1.13. The van der Waals surface area contributed by atoms with Crippen molar-refractivity contribution in [3.05, 3.63) is 218 Å². The van der Waals surface area contributed by atoms with Gasteiger partial charge in [0.1, 0.15) is 0 Å². The van der Waals surface area contributed by atoms with Gasteiger partial charge in [-0.1, -0.05) is 183 Å². The molecule has 0 bridgehead atoms. The van der Waals surface area contributed by atoms with Crippen LogP contribution >= 0.6 is 0 Å². The molecule has 0 atom stereocenters. The van der Waals surface area contributed by atoms with Crippen molar-refractivity contribution >= 4 is 22.9 Å². The van der Waals surface area contributed by atoms with Crippen molar-refractivity contribution in [2.24, 2.45) is 0 Å². The van der Waals surface area contributed by atoms with Gasteiger partial charge < -0.3 is 0 Å². The quantitative estimate of drug-likeness (QED) is 0.147. The predicted octanol–water partition coefficient (Wildman–Crippen LogP) is 15.8. The average Bonchev–Trinajstić information content (AvgIpc) is 3.60. The van der Waals surface area contributed by atoms with E-state index in [0.29, 0.717) is 0 Å². The lowest BCUT2D eigenvalue weighted by atomic mass is 9.88. The second-order valence-electron chi connectivity index (χ2n) is 14.6. The van der Waals surface area contributed by atoms with Crippen molar-refractivity contribution in [3.8, 4) is 89.0 Å². The first-order valence-electron chi connectivity index (χ1n) is 19.2. The molecule has 0 aromatic heterocycles. The first kappa shape index (κ1) is 33.3. The molecule has 262 valence electrons. The largest absolute Gasteiger partial charge is 0.0984 e. The molecule has 0 heteroatoms. The van der Waals surface area contributed by atoms with Crippen LogP contribution in [0.1, 0.15) is 11.1 Å². The Kier molecular flexibility index (Phi) is 8.24. The van der Waals surface area contributed by atoms with Crippen LogP contribution < -0.4 is 0 Å². The third kappa shape index (κ3) is 5.72. The lowest BCUT2D eigenvalue weighted by molar-refractivity contribution is 1.55. The summed E-state index contributed by atoms with van der Waals surface area (Å²) in [4.78, 5) is 0. The Morgan fingerprint density at radius 2 is 0.714 bits per heavy atom. The number of hydrogen-bond acceptors (Lipinski definition) is 0. The molecule has 0 heterocycles. The molecule has 56 heavy (non-hydrogen) atoms. The molecular formula is C56H38. The van der Waals surface area contributed by atoms with Gasteiger partial charge in [-0.05, 0) is 147 Å².